The van der Waals surface area contributed by atoms with Crippen molar-refractivity contribution in [2.24, 2.45) is 0 Å². The molecule has 0 aromatic carbocycles. The van der Waals surface area contributed by atoms with Crippen LogP contribution in [0.4, 0.5) is 4.79 Å². The number of nitrogens with one attached hydrogen (secondary N) is 1. The van der Waals surface area contributed by atoms with Gasteiger partial charge in [0.25, 0.3) is 0 Å². The molecule has 0 aliphatic rings. The van der Waals surface area contributed by atoms with Crippen LogP contribution in [-0.4, -0.2) is 21.1 Å². The Bertz CT molecular complexity index is 453. The summed E-state index contributed by atoms with van der Waals surface area (Å²) in [6.45, 7) is 1.94. The smallest absolute Gasteiger partial charge is 0.324 e. The lowest BCUT2D eigenvalue weighted by atomic mass is 10.7. The highest BCUT2D eigenvalue weighted by atomic mass is 35.5. The van der Waals surface area contributed by atoms with E-state index in [1.807, 2.05) is 0 Å². The van der Waals surface area contributed by atoms with E-state index in [9.17, 15) is 13.2 Å². The van der Waals surface area contributed by atoms with Crippen LogP contribution in [0.15, 0.2) is 16.3 Å². The molecule has 1 heterocycles. The third-order valence-electron chi connectivity index (χ3n) is 1.30. The Hall–Kier alpha value is -0.790. The summed E-state index contributed by atoms with van der Waals surface area (Å²) in [6, 6.07) is 2.70. The molecule has 1 rings (SSSR count). The molecular weight excluding hydrogens is 262 g/mol. The molecule has 1 amide bonds. The normalized spacial score (nSPS) is 11.1. The second-order valence-electron chi connectivity index (χ2n) is 2.41. The van der Waals surface area contributed by atoms with Gasteiger partial charge < -0.3 is 9.50 Å². The molecule has 8 heteroatoms. The fourth-order valence-corrected chi connectivity index (χ4v) is 3.02. The third kappa shape index (κ3) is 3.37. The fourth-order valence-electron chi connectivity index (χ4n) is 0.747. The minimum atomic E-state index is -4.04. The van der Waals surface area contributed by atoms with Gasteiger partial charge in [-0.15, -0.1) is 11.3 Å². The van der Waals surface area contributed by atoms with Crippen LogP contribution in [0.25, 0.3) is 0 Å². The average Bonchev–Trinajstić information content (AvgIpc) is 2.51. The highest BCUT2D eigenvalue weighted by Gasteiger charge is 2.21. The topological polar surface area (TPSA) is 72.5 Å². The van der Waals surface area contributed by atoms with Crippen molar-refractivity contribution in [1.82, 2.24) is 5.32 Å². The first-order chi connectivity index (χ1) is 6.95. The summed E-state index contributed by atoms with van der Waals surface area (Å²) in [6.07, 6.45) is -0.998. The molecule has 5 nitrogen and oxygen atoms in total. The summed E-state index contributed by atoms with van der Waals surface area (Å²) in [4.78, 5) is 10.9. The molecule has 0 aliphatic heterocycles. The van der Waals surface area contributed by atoms with Crippen molar-refractivity contribution in [2.45, 2.75) is 11.1 Å². The van der Waals surface area contributed by atoms with Crippen LogP contribution in [-0.2, 0) is 14.3 Å². The molecule has 1 aromatic heterocycles. The molecule has 0 aliphatic carbocycles. The lowest BCUT2D eigenvalue weighted by molar-refractivity contribution is 0.203. The standard InChI is InChI=1S/C7H8ClNO4S2/c1-2-9-7(10)13-15(11,12)6-4-3-5(8)14-6/h3-4H,2H2,1H3,(H,9,10). The van der Waals surface area contributed by atoms with Crippen molar-refractivity contribution in [3.63, 3.8) is 0 Å². The maximum absolute atomic E-state index is 11.4. The van der Waals surface area contributed by atoms with Gasteiger partial charge in [0.1, 0.15) is 0 Å². The summed E-state index contributed by atoms with van der Waals surface area (Å²) in [5, 5.41) is 2.21. The quantitative estimate of drug-likeness (QED) is 0.850. The van der Waals surface area contributed by atoms with Crippen molar-refractivity contribution in [3.8, 4) is 0 Å². The second-order valence-corrected chi connectivity index (χ2v) is 5.90. The maximum Gasteiger partial charge on any atom is 0.423 e. The lowest BCUT2D eigenvalue weighted by Crippen LogP contribution is -2.26. The number of amides is 1. The predicted molar refractivity (Wildman–Crippen MR) is 56.7 cm³/mol. The zero-order valence-corrected chi connectivity index (χ0v) is 10.1. The number of carbonyl (C=O) groups excluding carboxylic acids is 1. The molecular formula is C7H8ClNO4S2. The van der Waals surface area contributed by atoms with E-state index in [0.717, 1.165) is 11.3 Å². The number of halogens is 1. The highest BCUT2D eigenvalue weighted by Crippen LogP contribution is 2.26. The minimum Gasteiger partial charge on any atom is -0.324 e. The molecule has 0 fully saturated rings. The first-order valence-corrected chi connectivity index (χ1v) is 6.53. The Morgan fingerprint density at radius 2 is 2.27 bits per heavy atom. The van der Waals surface area contributed by atoms with E-state index in [4.69, 9.17) is 11.6 Å². The van der Waals surface area contributed by atoms with Gasteiger partial charge in [-0.25, -0.2) is 4.79 Å². The van der Waals surface area contributed by atoms with E-state index in [-0.39, 0.29) is 4.21 Å². The first-order valence-electron chi connectivity index (χ1n) is 3.93. The Balaban J connectivity index is 2.81. The maximum atomic E-state index is 11.4. The minimum absolute atomic E-state index is 0.0984. The summed E-state index contributed by atoms with van der Waals surface area (Å²) in [5.74, 6) is 0. The van der Waals surface area contributed by atoms with Gasteiger partial charge >= 0.3 is 16.2 Å². The monoisotopic (exact) mass is 269 g/mol. The van der Waals surface area contributed by atoms with Crippen LogP contribution in [0.2, 0.25) is 4.34 Å². The van der Waals surface area contributed by atoms with Crippen molar-refractivity contribution in [1.29, 1.82) is 0 Å². The van der Waals surface area contributed by atoms with Gasteiger partial charge in [0.2, 0.25) is 0 Å². The number of thiophene rings is 1. The number of hydrogen-bond donors (Lipinski definition) is 1. The molecule has 0 spiro atoms. The SMILES string of the molecule is CCNC(=O)OS(=O)(=O)c1ccc(Cl)s1. The summed E-state index contributed by atoms with van der Waals surface area (Å²) >= 11 is 6.39. The molecule has 0 bridgehead atoms. The number of carbonyl (C=O) groups is 1. The van der Waals surface area contributed by atoms with Gasteiger partial charge in [-0.3, -0.25) is 0 Å². The summed E-state index contributed by atoms with van der Waals surface area (Å²) in [7, 11) is -4.04. The van der Waals surface area contributed by atoms with Gasteiger partial charge in [-0.2, -0.15) is 8.42 Å². The van der Waals surface area contributed by atoms with Crippen molar-refractivity contribution in [2.75, 3.05) is 6.54 Å². The van der Waals surface area contributed by atoms with E-state index in [0.29, 0.717) is 10.9 Å². The van der Waals surface area contributed by atoms with E-state index < -0.39 is 16.2 Å². The zero-order chi connectivity index (χ0) is 11.5. The van der Waals surface area contributed by atoms with Crippen LogP contribution >= 0.6 is 22.9 Å². The summed E-state index contributed by atoms with van der Waals surface area (Å²) in [5.41, 5.74) is 0. The van der Waals surface area contributed by atoms with E-state index in [1.165, 1.54) is 12.1 Å². The zero-order valence-electron chi connectivity index (χ0n) is 7.69. The van der Waals surface area contributed by atoms with Gasteiger partial charge in [0.05, 0.1) is 4.34 Å². The molecule has 1 N–H and O–H groups in total. The van der Waals surface area contributed by atoms with Gasteiger partial charge in [-0.1, -0.05) is 11.6 Å². The Labute approximate surface area is 96.1 Å². The number of hydrogen-bond acceptors (Lipinski definition) is 5. The molecule has 0 atom stereocenters. The Morgan fingerprint density at radius 3 is 2.73 bits per heavy atom. The predicted octanol–water partition coefficient (Wildman–Crippen LogP) is 1.84. The molecule has 0 unspecified atom stereocenters. The van der Waals surface area contributed by atoms with Gasteiger partial charge in [0, 0.05) is 6.54 Å². The van der Waals surface area contributed by atoms with E-state index in [2.05, 4.69) is 9.50 Å². The lowest BCUT2D eigenvalue weighted by Gasteiger charge is -2.03. The van der Waals surface area contributed by atoms with E-state index in [1.54, 1.807) is 6.92 Å². The molecule has 0 radical (unpaired) electrons. The largest absolute Gasteiger partial charge is 0.423 e. The van der Waals surface area contributed by atoms with E-state index >= 15 is 0 Å². The van der Waals surface area contributed by atoms with Crippen molar-refractivity contribution in [3.05, 3.63) is 16.5 Å². The molecule has 84 valence electrons. The van der Waals surface area contributed by atoms with Crippen LogP contribution < -0.4 is 5.32 Å². The summed E-state index contributed by atoms with van der Waals surface area (Å²) < 4.78 is 27.3. The highest BCUT2D eigenvalue weighted by molar-refractivity contribution is 7.89. The van der Waals surface area contributed by atoms with Crippen LogP contribution in [0.3, 0.4) is 0 Å². The van der Waals surface area contributed by atoms with Crippen LogP contribution in [0, 0.1) is 0 Å². The second kappa shape index (κ2) is 4.82. The van der Waals surface area contributed by atoms with Gasteiger partial charge in [-0.05, 0) is 19.1 Å². The molecule has 1 aromatic rings. The van der Waals surface area contributed by atoms with Crippen LogP contribution in [0.5, 0.6) is 0 Å². The molecule has 15 heavy (non-hydrogen) atoms. The number of rotatable bonds is 3. The van der Waals surface area contributed by atoms with Crippen molar-refractivity contribution < 1.29 is 17.4 Å². The third-order valence-corrected chi connectivity index (χ3v) is 4.19. The van der Waals surface area contributed by atoms with Crippen LogP contribution in [0.1, 0.15) is 6.92 Å². The average molecular weight is 270 g/mol. The molecule has 0 saturated carbocycles. The molecule has 0 saturated heterocycles. The Morgan fingerprint density at radius 1 is 1.60 bits per heavy atom. The first kappa shape index (κ1) is 12.3. The fraction of sp³-hybridized carbons (Fsp3) is 0.286. The Kier molecular flexibility index (Phi) is 3.95. The van der Waals surface area contributed by atoms with Gasteiger partial charge in [0.15, 0.2) is 4.21 Å². The van der Waals surface area contributed by atoms with Crippen molar-refractivity contribution >= 4 is 39.1 Å².